The van der Waals surface area contributed by atoms with Gasteiger partial charge in [0, 0.05) is 52.9 Å². The third-order valence-electron chi connectivity index (χ3n) is 5.28. The molecule has 0 atom stereocenters. The molecule has 25 heavy (non-hydrogen) atoms. The molecule has 0 amide bonds. The molecule has 1 saturated carbocycles. The van der Waals surface area contributed by atoms with Crippen LogP contribution in [0.3, 0.4) is 0 Å². The zero-order valence-corrected chi connectivity index (χ0v) is 15.8. The lowest BCUT2D eigenvalue weighted by Gasteiger charge is -2.34. The van der Waals surface area contributed by atoms with E-state index in [1.165, 1.54) is 56.7 Å². The van der Waals surface area contributed by atoms with Crippen molar-refractivity contribution >= 4 is 5.96 Å². The fourth-order valence-corrected chi connectivity index (χ4v) is 3.25. The molecule has 5 heteroatoms. The molecule has 2 fully saturated rings. The van der Waals surface area contributed by atoms with Crippen molar-refractivity contribution < 1.29 is 0 Å². The van der Waals surface area contributed by atoms with Crippen LogP contribution in [0.15, 0.2) is 29.3 Å². The largest absolute Gasteiger partial charge is 0.356 e. The van der Waals surface area contributed by atoms with Crippen molar-refractivity contribution in [1.82, 2.24) is 20.4 Å². The van der Waals surface area contributed by atoms with Gasteiger partial charge in [0.1, 0.15) is 0 Å². The number of guanidine groups is 1. The molecule has 0 bridgehead atoms. The van der Waals surface area contributed by atoms with Crippen LogP contribution in [0.1, 0.15) is 30.9 Å². The summed E-state index contributed by atoms with van der Waals surface area (Å²) in [5, 5.41) is 6.81. The van der Waals surface area contributed by atoms with Crippen molar-refractivity contribution in [3.05, 3.63) is 35.4 Å². The minimum Gasteiger partial charge on any atom is -0.356 e. The summed E-state index contributed by atoms with van der Waals surface area (Å²) in [5.41, 5.74) is 2.71. The van der Waals surface area contributed by atoms with E-state index in [0.717, 1.165) is 31.5 Å². The van der Waals surface area contributed by atoms with Gasteiger partial charge in [-0.05, 0) is 36.4 Å². The molecule has 138 valence electrons. The second-order valence-corrected chi connectivity index (χ2v) is 7.28. The fourth-order valence-electron chi connectivity index (χ4n) is 3.25. The summed E-state index contributed by atoms with van der Waals surface area (Å²) in [6.45, 7) is 11.1. The molecular formula is C20H33N5. The molecule has 0 unspecified atom stereocenters. The molecule has 0 aromatic heterocycles. The first kappa shape index (κ1) is 18.2. The highest BCUT2D eigenvalue weighted by Gasteiger charge is 2.21. The van der Waals surface area contributed by atoms with Gasteiger partial charge in [0.05, 0.1) is 0 Å². The van der Waals surface area contributed by atoms with Gasteiger partial charge in [-0.1, -0.05) is 31.2 Å². The van der Waals surface area contributed by atoms with Crippen LogP contribution >= 0.6 is 0 Å². The van der Waals surface area contributed by atoms with Crippen molar-refractivity contribution in [3.8, 4) is 0 Å². The molecule has 1 aromatic rings. The van der Waals surface area contributed by atoms with Gasteiger partial charge in [0.2, 0.25) is 0 Å². The Bertz CT molecular complexity index is 542. The predicted molar refractivity (Wildman–Crippen MR) is 105 cm³/mol. The van der Waals surface area contributed by atoms with Crippen LogP contribution in [0.2, 0.25) is 0 Å². The smallest absolute Gasteiger partial charge is 0.191 e. The van der Waals surface area contributed by atoms with Gasteiger partial charge in [-0.2, -0.15) is 0 Å². The molecule has 1 aliphatic heterocycles. The first-order chi connectivity index (χ1) is 12.3. The quantitative estimate of drug-likeness (QED) is 0.586. The molecule has 5 nitrogen and oxygen atoms in total. The van der Waals surface area contributed by atoms with E-state index in [2.05, 4.69) is 56.6 Å². The standard InChI is InChI=1S/C20H33N5/c1-3-24-10-12-25(13-11-24)16-19-8-6-18(7-9-19)15-23-20(21-2)22-14-17-4-5-17/h6-9,17H,3-5,10-16H2,1-2H3,(H2,21,22,23). The first-order valence-corrected chi connectivity index (χ1v) is 9.74. The normalized spacial score (nSPS) is 19.8. The highest BCUT2D eigenvalue weighted by Crippen LogP contribution is 2.27. The Morgan fingerprint density at radius 3 is 2.24 bits per heavy atom. The molecule has 2 N–H and O–H groups in total. The van der Waals surface area contributed by atoms with Crippen molar-refractivity contribution in [1.29, 1.82) is 0 Å². The Labute approximate surface area is 152 Å². The lowest BCUT2D eigenvalue weighted by Crippen LogP contribution is -2.45. The van der Waals surface area contributed by atoms with E-state index >= 15 is 0 Å². The van der Waals surface area contributed by atoms with E-state index < -0.39 is 0 Å². The lowest BCUT2D eigenvalue weighted by molar-refractivity contribution is 0.132. The lowest BCUT2D eigenvalue weighted by atomic mass is 10.1. The number of piperazine rings is 1. The number of likely N-dealkylation sites (N-methyl/N-ethyl adjacent to an activating group) is 1. The SMILES string of the molecule is CCN1CCN(Cc2ccc(CNC(=NC)NCC3CC3)cc2)CC1. The summed E-state index contributed by atoms with van der Waals surface area (Å²) in [5.74, 6) is 1.77. The number of nitrogens with one attached hydrogen (secondary N) is 2. The first-order valence-electron chi connectivity index (χ1n) is 9.74. The van der Waals surface area contributed by atoms with E-state index in [9.17, 15) is 0 Å². The van der Waals surface area contributed by atoms with Gasteiger partial charge < -0.3 is 15.5 Å². The maximum absolute atomic E-state index is 4.29. The van der Waals surface area contributed by atoms with Crippen molar-refractivity contribution in [2.45, 2.75) is 32.9 Å². The van der Waals surface area contributed by atoms with Gasteiger partial charge in [-0.15, -0.1) is 0 Å². The molecule has 0 spiro atoms. The topological polar surface area (TPSA) is 42.9 Å². The number of aliphatic imine (C=N–C) groups is 1. The van der Waals surface area contributed by atoms with Crippen molar-refractivity contribution in [2.75, 3.05) is 46.3 Å². The summed E-state index contributed by atoms with van der Waals surface area (Å²) < 4.78 is 0. The van der Waals surface area contributed by atoms with E-state index in [-0.39, 0.29) is 0 Å². The molecule has 1 saturated heterocycles. The third kappa shape index (κ3) is 6.01. The Kier molecular flexibility index (Phi) is 6.70. The zero-order chi connectivity index (χ0) is 17.5. The highest BCUT2D eigenvalue weighted by molar-refractivity contribution is 5.79. The van der Waals surface area contributed by atoms with Crippen molar-refractivity contribution in [2.24, 2.45) is 10.9 Å². The van der Waals surface area contributed by atoms with Crippen LogP contribution in [0.5, 0.6) is 0 Å². The second-order valence-electron chi connectivity index (χ2n) is 7.28. The number of hydrogen-bond acceptors (Lipinski definition) is 3. The Morgan fingerprint density at radius 2 is 1.64 bits per heavy atom. The Morgan fingerprint density at radius 1 is 1.00 bits per heavy atom. The summed E-state index contributed by atoms with van der Waals surface area (Å²) in [4.78, 5) is 9.38. The monoisotopic (exact) mass is 343 g/mol. The predicted octanol–water partition coefficient (Wildman–Crippen LogP) is 1.90. The zero-order valence-electron chi connectivity index (χ0n) is 15.8. The maximum atomic E-state index is 4.29. The molecule has 1 aromatic carbocycles. The van der Waals surface area contributed by atoms with Gasteiger partial charge in [-0.25, -0.2) is 0 Å². The van der Waals surface area contributed by atoms with Crippen LogP contribution in [0, 0.1) is 5.92 Å². The minimum absolute atomic E-state index is 0.819. The molecule has 2 aliphatic rings. The summed E-state index contributed by atoms with van der Waals surface area (Å²) >= 11 is 0. The minimum atomic E-state index is 0.819. The maximum Gasteiger partial charge on any atom is 0.191 e. The summed E-state index contributed by atoms with van der Waals surface area (Å²) in [6.07, 6.45) is 2.72. The summed E-state index contributed by atoms with van der Waals surface area (Å²) in [7, 11) is 1.84. The number of rotatable bonds is 7. The average molecular weight is 344 g/mol. The number of benzene rings is 1. The summed E-state index contributed by atoms with van der Waals surface area (Å²) in [6, 6.07) is 9.00. The highest BCUT2D eigenvalue weighted by atomic mass is 15.3. The Balaban J connectivity index is 1.40. The Hall–Kier alpha value is -1.59. The fraction of sp³-hybridized carbons (Fsp3) is 0.650. The van der Waals surface area contributed by atoms with Crippen LogP contribution in [0.4, 0.5) is 0 Å². The molecule has 1 heterocycles. The van der Waals surface area contributed by atoms with Gasteiger partial charge in [0.15, 0.2) is 5.96 Å². The third-order valence-corrected chi connectivity index (χ3v) is 5.28. The van der Waals surface area contributed by atoms with Crippen LogP contribution in [-0.4, -0.2) is 62.1 Å². The van der Waals surface area contributed by atoms with Crippen molar-refractivity contribution in [3.63, 3.8) is 0 Å². The van der Waals surface area contributed by atoms with E-state index in [1.807, 2.05) is 7.05 Å². The van der Waals surface area contributed by atoms with Gasteiger partial charge in [0.25, 0.3) is 0 Å². The number of hydrogen-bond donors (Lipinski definition) is 2. The average Bonchev–Trinajstić information content (AvgIpc) is 3.48. The number of nitrogens with zero attached hydrogens (tertiary/aromatic N) is 3. The van der Waals surface area contributed by atoms with Gasteiger partial charge >= 0.3 is 0 Å². The second kappa shape index (κ2) is 9.20. The van der Waals surface area contributed by atoms with Crippen LogP contribution < -0.4 is 10.6 Å². The van der Waals surface area contributed by atoms with E-state index in [1.54, 1.807) is 0 Å². The van der Waals surface area contributed by atoms with E-state index in [0.29, 0.717) is 0 Å². The van der Waals surface area contributed by atoms with Gasteiger partial charge in [-0.3, -0.25) is 9.89 Å². The van der Waals surface area contributed by atoms with Crippen LogP contribution in [0.25, 0.3) is 0 Å². The molecule has 1 aliphatic carbocycles. The molecule has 3 rings (SSSR count). The van der Waals surface area contributed by atoms with E-state index in [4.69, 9.17) is 0 Å². The molecule has 0 radical (unpaired) electrons. The van der Waals surface area contributed by atoms with Crippen LogP contribution in [-0.2, 0) is 13.1 Å². The molecular weight excluding hydrogens is 310 g/mol.